The minimum absolute atomic E-state index is 0.0444. The largest absolute Gasteiger partial charge is 0.497 e. The summed E-state index contributed by atoms with van der Waals surface area (Å²) < 4.78 is 8.70. The Balaban J connectivity index is 1.46. The Hall–Kier alpha value is -3.98. The molecule has 1 aromatic carbocycles. The highest BCUT2D eigenvalue weighted by molar-refractivity contribution is 5.87. The average Bonchev–Trinajstić information content (AvgIpc) is 3.40. The molecule has 4 heterocycles. The molecule has 1 N–H and O–H groups in total. The van der Waals surface area contributed by atoms with Crippen LogP contribution in [0.5, 0.6) is 5.75 Å². The van der Waals surface area contributed by atoms with E-state index in [1.54, 1.807) is 28.5 Å². The van der Waals surface area contributed by atoms with Crippen molar-refractivity contribution in [3.8, 4) is 11.4 Å². The van der Waals surface area contributed by atoms with Gasteiger partial charge in [-0.15, -0.1) is 0 Å². The third kappa shape index (κ3) is 3.87. The van der Waals surface area contributed by atoms with Crippen LogP contribution in [0.3, 0.4) is 0 Å². The summed E-state index contributed by atoms with van der Waals surface area (Å²) in [5, 5.41) is 9.22. The summed E-state index contributed by atoms with van der Waals surface area (Å²) in [6.07, 6.45) is 4.00. The predicted octanol–water partition coefficient (Wildman–Crippen LogP) is 2.74. The summed E-state index contributed by atoms with van der Waals surface area (Å²) in [6.45, 7) is 1.95. The average molecular weight is 445 g/mol. The monoisotopic (exact) mass is 445 g/mol. The van der Waals surface area contributed by atoms with Gasteiger partial charge in [0.15, 0.2) is 5.65 Å². The number of hydrogen-bond donors (Lipinski definition) is 1. The van der Waals surface area contributed by atoms with Gasteiger partial charge in [-0.1, -0.05) is 0 Å². The van der Waals surface area contributed by atoms with Crippen molar-refractivity contribution in [2.24, 2.45) is 0 Å². The molecule has 0 unspecified atom stereocenters. The molecule has 0 saturated carbocycles. The first-order chi connectivity index (χ1) is 16.0. The topological polar surface area (TPSA) is 102 Å². The van der Waals surface area contributed by atoms with E-state index in [1.165, 1.54) is 12.3 Å². The molecule has 1 saturated heterocycles. The molecular weight excluding hydrogens is 422 g/mol. The second kappa shape index (κ2) is 8.51. The van der Waals surface area contributed by atoms with E-state index < -0.39 is 5.97 Å². The first kappa shape index (κ1) is 20.9. The Morgan fingerprint density at radius 3 is 2.73 bits per heavy atom. The van der Waals surface area contributed by atoms with E-state index >= 15 is 0 Å². The number of pyridine rings is 2. The van der Waals surface area contributed by atoms with Crippen LogP contribution in [0.25, 0.3) is 16.9 Å². The molecule has 1 aliphatic heterocycles. The van der Waals surface area contributed by atoms with Crippen molar-refractivity contribution in [1.82, 2.24) is 24.0 Å². The number of rotatable bonds is 6. The fourth-order valence-electron chi connectivity index (χ4n) is 4.45. The summed E-state index contributed by atoms with van der Waals surface area (Å²) in [4.78, 5) is 35.8. The molecule has 33 heavy (non-hydrogen) atoms. The van der Waals surface area contributed by atoms with Gasteiger partial charge in [0.25, 0.3) is 0 Å². The summed E-state index contributed by atoms with van der Waals surface area (Å²) in [6, 6.07) is 14.1. The molecule has 1 aliphatic rings. The number of aromatic nitrogens is 4. The second-order valence-corrected chi connectivity index (χ2v) is 8.05. The fraction of sp³-hybridized carbons (Fsp3) is 0.250. The van der Waals surface area contributed by atoms with E-state index in [9.17, 15) is 14.7 Å². The van der Waals surface area contributed by atoms with Gasteiger partial charge in [-0.3, -0.25) is 19.0 Å². The molecule has 9 nitrogen and oxygen atoms in total. The van der Waals surface area contributed by atoms with Crippen molar-refractivity contribution in [2.75, 3.05) is 20.2 Å². The number of carbonyl (C=O) groups is 1. The number of carboxylic acids is 1. The molecule has 0 radical (unpaired) electrons. The maximum absolute atomic E-state index is 13.6. The van der Waals surface area contributed by atoms with Gasteiger partial charge >= 0.3 is 11.7 Å². The summed E-state index contributed by atoms with van der Waals surface area (Å²) in [5.41, 5.74) is 2.94. The molecule has 0 spiro atoms. The van der Waals surface area contributed by atoms with Crippen LogP contribution in [0.1, 0.15) is 28.5 Å². The summed E-state index contributed by atoms with van der Waals surface area (Å²) >= 11 is 0. The zero-order chi connectivity index (χ0) is 22.9. The Bertz CT molecular complexity index is 1380. The lowest BCUT2D eigenvalue weighted by Gasteiger charge is -2.16. The first-order valence-electron chi connectivity index (χ1n) is 10.7. The van der Waals surface area contributed by atoms with E-state index in [4.69, 9.17) is 4.74 Å². The summed E-state index contributed by atoms with van der Waals surface area (Å²) in [7, 11) is 1.61. The molecule has 9 heteroatoms. The normalized spacial score (nSPS) is 16.3. The third-order valence-corrected chi connectivity index (χ3v) is 6.02. The maximum atomic E-state index is 13.6. The molecule has 5 rings (SSSR count). The Kier molecular flexibility index (Phi) is 5.39. The summed E-state index contributed by atoms with van der Waals surface area (Å²) in [5.74, 6) is -0.248. The second-order valence-electron chi connectivity index (χ2n) is 8.05. The number of imidazole rings is 1. The third-order valence-electron chi connectivity index (χ3n) is 6.02. The van der Waals surface area contributed by atoms with Crippen LogP contribution in [0.15, 0.2) is 65.7 Å². The number of ether oxygens (including phenoxy) is 1. The van der Waals surface area contributed by atoms with Gasteiger partial charge in [0, 0.05) is 32.0 Å². The van der Waals surface area contributed by atoms with Crippen molar-refractivity contribution in [3.05, 3.63) is 82.7 Å². The Morgan fingerprint density at radius 1 is 1.15 bits per heavy atom. The van der Waals surface area contributed by atoms with Crippen LogP contribution in [0.2, 0.25) is 0 Å². The highest BCUT2D eigenvalue weighted by Gasteiger charge is 2.29. The van der Waals surface area contributed by atoms with Gasteiger partial charge in [0.2, 0.25) is 0 Å². The molecule has 3 aromatic heterocycles. The minimum atomic E-state index is -0.970. The maximum Gasteiger partial charge on any atom is 0.335 e. The molecule has 4 aromatic rings. The number of benzene rings is 1. The number of methoxy groups -OCH3 is 1. The molecule has 0 aliphatic carbocycles. The number of aromatic carboxylic acids is 1. The quantitative estimate of drug-likeness (QED) is 0.487. The molecule has 1 fully saturated rings. The zero-order valence-corrected chi connectivity index (χ0v) is 18.1. The van der Waals surface area contributed by atoms with Crippen LogP contribution in [-0.2, 0) is 6.54 Å². The van der Waals surface area contributed by atoms with Crippen molar-refractivity contribution in [3.63, 3.8) is 0 Å². The van der Waals surface area contributed by atoms with Crippen molar-refractivity contribution < 1.29 is 14.6 Å². The molecule has 0 bridgehead atoms. The lowest BCUT2D eigenvalue weighted by molar-refractivity contribution is 0.0696. The van der Waals surface area contributed by atoms with Crippen LogP contribution in [0, 0.1) is 0 Å². The predicted molar refractivity (Wildman–Crippen MR) is 122 cm³/mol. The fourth-order valence-corrected chi connectivity index (χ4v) is 4.45. The van der Waals surface area contributed by atoms with E-state index in [0.717, 1.165) is 29.9 Å². The van der Waals surface area contributed by atoms with Gasteiger partial charge in [0.05, 0.1) is 35.6 Å². The van der Waals surface area contributed by atoms with E-state index in [0.29, 0.717) is 24.4 Å². The zero-order valence-electron chi connectivity index (χ0n) is 18.1. The van der Waals surface area contributed by atoms with Gasteiger partial charge in [-0.05, 0) is 55.0 Å². The van der Waals surface area contributed by atoms with Crippen molar-refractivity contribution in [2.45, 2.75) is 19.0 Å². The molecule has 168 valence electrons. The lowest BCUT2D eigenvalue weighted by atomic mass is 10.2. The van der Waals surface area contributed by atoms with Crippen molar-refractivity contribution >= 4 is 17.1 Å². The van der Waals surface area contributed by atoms with E-state index in [2.05, 4.69) is 14.9 Å². The van der Waals surface area contributed by atoms with E-state index in [1.807, 2.05) is 36.4 Å². The van der Waals surface area contributed by atoms with Crippen LogP contribution < -0.4 is 10.4 Å². The van der Waals surface area contributed by atoms with Gasteiger partial charge in [0.1, 0.15) is 5.75 Å². The smallest absolute Gasteiger partial charge is 0.335 e. The van der Waals surface area contributed by atoms with E-state index in [-0.39, 0.29) is 17.3 Å². The number of hydrogen-bond acceptors (Lipinski definition) is 6. The van der Waals surface area contributed by atoms with Crippen molar-refractivity contribution in [1.29, 1.82) is 0 Å². The Morgan fingerprint density at radius 2 is 1.97 bits per heavy atom. The number of nitrogens with zero attached hydrogens (tertiary/aromatic N) is 5. The SMILES string of the molecule is COc1ccc(-n2c(=O)n([C@H]3CCN(Cc4cc(C(=O)O)ccn4)C3)c3ncccc32)cc1. The number of fused-ring (bicyclic) bond motifs is 1. The van der Waals surface area contributed by atoms with Crippen LogP contribution >= 0.6 is 0 Å². The number of carboxylic acid groups (broad SMARTS) is 1. The Labute approximate surface area is 189 Å². The van der Waals surface area contributed by atoms with Crippen LogP contribution in [-0.4, -0.2) is 55.3 Å². The molecule has 0 amide bonds. The molecular formula is C24H23N5O4. The number of likely N-dealkylation sites (tertiary alicyclic amines) is 1. The lowest BCUT2D eigenvalue weighted by Crippen LogP contribution is -2.29. The first-order valence-corrected chi connectivity index (χ1v) is 10.7. The van der Waals surface area contributed by atoms with Gasteiger partial charge < -0.3 is 9.84 Å². The molecule has 1 atom stereocenters. The highest BCUT2D eigenvalue weighted by Crippen LogP contribution is 2.27. The minimum Gasteiger partial charge on any atom is -0.497 e. The van der Waals surface area contributed by atoms with Gasteiger partial charge in [-0.2, -0.15) is 0 Å². The standard InChI is InChI=1S/C24H23N5O4/c1-33-20-6-4-18(5-7-20)28-21-3-2-10-26-22(21)29(24(28)32)19-9-12-27(15-19)14-17-13-16(23(30)31)8-11-25-17/h2-8,10-11,13,19H,9,12,14-15H2,1H3,(H,30,31)/t19-/m0/s1. The highest BCUT2D eigenvalue weighted by atomic mass is 16.5. The van der Waals surface area contributed by atoms with Gasteiger partial charge in [-0.25, -0.2) is 14.6 Å². The van der Waals surface area contributed by atoms with Crippen LogP contribution in [0.4, 0.5) is 0 Å².